The second-order valence-corrected chi connectivity index (χ2v) is 6.84. The molecule has 1 aromatic heterocycles. The van der Waals surface area contributed by atoms with Crippen LogP contribution in [0.5, 0.6) is 0 Å². The zero-order chi connectivity index (χ0) is 16.7. The standard InChI is InChI=1S/C9H13N3.C7H8O3S/c1-4-11-9(12-5-1)8-2-6-10-7-3-8;1-6-2-4-7(5-3-6)11(8,9)10/h1,4-5,8,10H,2-3,6-7H2;2-5H,1H3,(H,8,9,10). The first-order valence-electron chi connectivity index (χ1n) is 7.48. The van der Waals surface area contributed by atoms with E-state index in [1.807, 2.05) is 25.4 Å². The Morgan fingerprint density at radius 1 is 1.09 bits per heavy atom. The molecular formula is C16H21N3O3S. The average molecular weight is 335 g/mol. The SMILES string of the molecule is Cc1ccc(S(=O)(=O)O)cc1.c1cnc(C2CCNCC2)nc1. The molecule has 0 radical (unpaired) electrons. The molecule has 1 aromatic carbocycles. The Bertz CT molecular complexity index is 697. The molecule has 1 fully saturated rings. The molecule has 0 amide bonds. The second-order valence-electron chi connectivity index (χ2n) is 5.42. The van der Waals surface area contributed by atoms with Crippen LogP contribution < -0.4 is 5.32 Å². The molecule has 0 saturated carbocycles. The highest BCUT2D eigenvalue weighted by Crippen LogP contribution is 2.20. The third-order valence-corrected chi connectivity index (χ3v) is 4.48. The smallest absolute Gasteiger partial charge is 0.294 e. The van der Waals surface area contributed by atoms with Crippen molar-refractivity contribution >= 4 is 10.1 Å². The zero-order valence-corrected chi connectivity index (χ0v) is 13.8. The summed E-state index contributed by atoms with van der Waals surface area (Å²) in [6, 6.07) is 7.85. The quantitative estimate of drug-likeness (QED) is 0.817. The third-order valence-electron chi connectivity index (χ3n) is 3.61. The van der Waals surface area contributed by atoms with Crippen LogP contribution in [-0.4, -0.2) is 36.0 Å². The van der Waals surface area contributed by atoms with Gasteiger partial charge < -0.3 is 5.32 Å². The molecule has 6 nitrogen and oxygen atoms in total. The van der Waals surface area contributed by atoms with Crippen LogP contribution in [0, 0.1) is 6.92 Å². The highest BCUT2D eigenvalue weighted by Gasteiger charge is 2.16. The molecular weight excluding hydrogens is 314 g/mol. The van der Waals surface area contributed by atoms with Crippen LogP contribution in [0.4, 0.5) is 0 Å². The van der Waals surface area contributed by atoms with E-state index in [0.29, 0.717) is 5.92 Å². The maximum absolute atomic E-state index is 10.5. The molecule has 0 aliphatic carbocycles. The van der Waals surface area contributed by atoms with E-state index >= 15 is 0 Å². The van der Waals surface area contributed by atoms with Gasteiger partial charge in [-0.25, -0.2) is 9.97 Å². The number of nitrogens with one attached hydrogen (secondary N) is 1. The van der Waals surface area contributed by atoms with E-state index in [0.717, 1.165) is 24.5 Å². The van der Waals surface area contributed by atoms with Crippen LogP contribution in [0.15, 0.2) is 47.6 Å². The molecule has 0 bridgehead atoms. The van der Waals surface area contributed by atoms with E-state index in [9.17, 15) is 8.42 Å². The van der Waals surface area contributed by atoms with Crippen molar-refractivity contribution in [3.05, 3.63) is 54.1 Å². The third kappa shape index (κ3) is 5.70. The van der Waals surface area contributed by atoms with Gasteiger partial charge in [-0.3, -0.25) is 4.55 Å². The first-order valence-corrected chi connectivity index (χ1v) is 8.92. The molecule has 0 unspecified atom stereocenters. The summed E-state index contributed by atoms with van der Waals surface area (Å²) in [5.74, 6) is 1.59. The Balaban J connectivity index is 0.000000168. The highest BCUT2D eigenvalue weighted by atomic mass is 32.2. The fourth-order valence-corrected chi connectivity index (χ4v) is 2.79. The molecule has 1 aliphatic rings. The monoisotopic (exact) mass is 335 g/mol. The largest absolute Gasteiger partial charge is 0.317 e. The number of rotatable bonds is 2. The van der Waals surface area contributed by atoms with Gasteiger partial charge in [0, 0.05) is 18.3 Å². The molecule has 0 spiro atoms. The molecule has 2 heterocycles. The lowest BCUT2D eigenvalue weighted by atomic mass is 9.97. The fraction of sp³-hybridized carbons (Fsp3) is 0.375. The van der Waals surface area contributed by atoms with Crippen LogP contribution in [0.25, 0.3) is 0 Å². The van der Waals surface area contributed by atoms with Gasteiger partial charge in [0.15, 0.2) is 0 Å². The number of nitrogens with zero attached hydrogens (tertiary/aromatic N) is 2. The van der Waals surface area contributed by atoms with Crippen molar-refractivity contribution in [3.8, 4) is 0 Å². The zero-order valence-electron chi connectivity index (χ0n) is 13.0. The summed E-state index contributed by atoms with van der Waals surface area (Å²) in [5, 5.41) is 3.33. The number of aryl methyl sites for hydroxylation is 1. The lowest BCUT2D eigenvalue weighted by Crippen LogP contribution is -2.27. The second kappa shape index (κ2) is 8.14. The number of benzene rings is 1. The van der Waals surface area contributed by atoms with Gasteiger partial charge in [-0.1, -0.05) is 17.7 Å². The summed E-state index contributed by atoms with van der Waals surface area (Å²) in [6.45, 7) is 4.04. The molecule has 2 N–H and O–H groups in total. The van der Waals surface area contributed by atoms with Crippen molar-refractivity contribution < 1.29 is 13.0 Å². The topological polar surface area (TPSA) is 92.2 Å². The van der Waals surface area contributed by atoms with Crippen LogP contribution in [0.3, 0.4) is 0 Å². The molecule has 23 heavy (non-hydrogen) atoms. The van der Waals surface area contributed by atoms with Gasteiger partial charge in [0.2, 0.25) is 0 Å². The summed E-state index contributed by atoms with van der Waals surface area (Å²) >= 11 is 0. The fourth-order valence-electron chi connectivity index (χ4n) is 2.31. The summed E-state index contributed by atoms with van der Waals surface area (Å²) in [6.07, 6.45) is 5.99. The van der Waals surface area contributed by atoms with Gasteiger partial charge >= 0.3 is 0 Å². The Labute approximate surface area is 136 Å². The van der Waals surface area contributed by atoms with Crippen LogP contribution >= 0.6 is 0 Å². The van der Waals surface area contributed by atoms with Gasteiger partial charge in [-0.2, -0.15) is 8.42 Å². The Hall–Kier alpha value is -1.83. The Kier molecular flexibility index (Phi) is 6.20. The van der Waals surface area contributed by atoms with Crippen LogP contribution in [0.2, 0.25) is 0 Å². The summed E-state index contributed by atoms with van der Waals surface area (Å²) in [7, 11) is -4.02. The number of aromatic nitrogens is 2. The van der Waals surface area contributed by atoms with E-state index in [1.165, 1.54) is 25.0 Å². The van der Waals surface area contributed by atoms with Crippen molar-refractivity contribution in [3.63, 3.8) is 0 Å². The lowest BCUT2D eigenvalue weighted by Gasteiger charge is -2.20. The van der Waals surface area contributed by atoms with Crippen LogP contribution in [-0.2, 0) is 10.1 Å². The van der Waals surface area contributed by atoms with Gasteiger partial charge in [-0.05, 0) is 51.1 Å². The minimum Gasteiger partial charge on any atom is -0.317 e. The maximum Gasteiger partial charge on any atom is 0.294 e. The van der Waals surface area contributed by atoms with Crippen molar-refractivity contribution in [2.24, 2.45) is 0 Å². The molecule has 124 valence electrons. The highest BCUT2D eigenvalue weighted by molar-refractivity contribution is 7.85. The summed E-state index contributed by atoms with van der Waals surface area (Å²) < 4.78 is 29.6. The molecule has 1 aliphatic heterocycles. The van der Waals surface area contributed by atoms with Crippen LogP contribution in [0.1, 0.15) is 30.1 Å². The molecule has 1 saturated heterocycles. The van der Waals surface area contributed by atoms with Gasteiger partial charge in [0.05, 0.1) is 4.90 Å². The first kappa shape index (κ1) is 17.5. The van der Waals surface area contributed by atoms with Gasteiger partial charge in [0.25, 0.3) is 10.1 Å². The van der Waals surface area contributed by atoms with E-state index in [2.05, 4.69) is 15.3 Å². The Morgan fingerprint density at radius 3 is 2.17 bits per heavy atom. The lowest BCUT2D eigenvalue weighted by molar-refractivity contribution is 0.445. The number of hydrogen-bond donors (Lipinski definition) is 2. The average Bonchev–Trinajstić information content (AvgIpc) is 2.57. The summed E-state index contributed by atoms with van der Waals surface area (Å²) in [4.78, 5) is 8.46. The van der Waals surface area contributed by atoms with Crippen molar-refractivity contribution in [2.75, 3.05) is 13.1 Å². The Morgan fingerprint density at radius 2 is 1.65 bits per heavy atom. The number of hydrogen-bond acceptors (Lipinski definition) is 5. The molecule has 0 atom stereocenters. The molecule has 2 aromatic rings. The van der Waals surface area contributed by atoms with Crippen molar-refractivity contribution in [2.45, 2.75) is 30.6 Å². The van der Waals surface area contributed by atoms with Gasteiger partial charge in [-0.15, -0.1) is 0 Å². The predicted octanol–water partition coefficient (Wildman–Crippen LogP) is 2.19. The minimum atomic E-state index is -4.02. The van der Waals surface area contributed by atoms with E-state index in [4.69, 9.17) is 4.55 Å². The summed E-state index contributed by atoms with van der Waals surface area (Å²) in [5.41, 5.74) is 0.956. The molecule has 7 heteroatoms. The number of piperidine rings is 1. The van der Waals surface area contributed by atoms with Crippen molar-refractivity contribution in [1.29, 1.82) is 0 Å². The van der Waals surface area contributed by atoms with E-state index < -0.39 is 10.1 Å². The molecule has 3 rings (SSSR count). The van der Waals surface area contributed by atoms with Crippen molar-refractivity contribution in [1.82, 2.24) is 15.3 Å². The maximum atomic E-state index is 10.5. The van der Waals surface area contributed by atoms with Gasteiger partial charge in [0.1, 0.15) is 5.82 Å². The predicted molar refractivity (Wildman–Crippen MR) is 87.9 cm³/mol. The minimum absolute atomic E-state index is 0.0666. The van der Waals surface area contributed by atoms with E-state index in [-0.39, 0.29) is 4.90 Å². The van der Waals surface area contributed by atoms with E-state index in [1.54, 1.807) is 12.1 Å². The normalized spacial score (nSPS) is 15.6. The first-order chi connectivity index (χ1) is 11.0.